The number of aliphatic carboxylic acids is 1. The molecule has 0 aliphatic rings. The van der Waals surface area contributed by atoms with E-state index >= 15 is 0 Å². The van der Waals surface area contributed by atoms with E-state index in [1.165, 1.54) is 18.2 Å². The largest absolute Gasteiger partial charge is 0.573 e. The van der Waals surface area contributed by atoms with Gasteiger partial charge in [-0.05, 0) is 29.8 Å². The Morgan fingerprint density at radius 1 is 1.04 bits per heavy atom. The van der Waals surface area contributed by atoms with Crippen LogP contribution in [0.1, 0.15) is 11.1 Å². The number of halogens is 6. The van der Waals surface area contributed by atoms with Gasteiger partial charge in [0.25, 0.3) is 0 Å². The molecule has 0 aliphatic heterocycles. The van der Waals surface area contributed by atoms with Crippen molar-refractivity contribution in [3.05, 3.63) is 53.6 Å². The van der Waals surface area contributed by atoms with Crippen molar-refractivity contribution in [2.75, 3.05) is 0 Å². The number of hydrogen-bond donors (Lipinski definition) is 2. The molecule has 0 spiro atoms. The van der Waals surface area contributed by atoms with E-state index in [4.69, 9.17) is 5.11 Å². The summed E-state index contributed by atoms with van der Waals surface area (Å²) in [5, 5.41) is 9.18. The number of nitrogens with one attached hydrogen (secondary N) is 1. The van der Waals surface area contributed by atoms with E-state index < -0.39 is 36.2 Å². The number of carboxylic acid groups (broad SMARTS) is 1. The van der Waals surface area contributed by atoms with E-state index in [2.05, 4.69) is 9.72 Å². The van der Waals surface area contributed by atoms with Crippen molar-refractivity contribution in [1.82, 2.24) is 4.98 Å². The van der Waals surface area contributed by atoms with Crippen molar-refractivity contribution < 1.29 is 41.0 Å². The number of ether oxygens (including phenoxy) is 1. The van der Waals surface area contributed by atoms with Gasteiger partial charge in [-0.25, -0.2) is 0 Å². The standard InChI is InChI=1S/C18H11F6NO3/c19-17(20,21)13-4-2-1-3-10(13)16-12(8-15(26)27)11-7-9(28-18(22,23)24)5-6-14(11)25-16/h1-7,25H,8H2,(H,26,27). The molecule has 3 aromatic rings. The molecular formula is C18H11F6NO3. The van der Waals surface area contributed by atoms with Gasteiger partial charge < -0.3 is 14.8 Å². The predicted molar refractivity (Wildman–Crippen MR) is 86.8 cm³/mol. The minimum atomic E-state index is -4.97. The van der Waals surface area contributed by atoms with Crippen LogP contribution in [-0.4, -0.2) is 22.4 Å². The third-order valence-electron chi connectivity index (χ3n) is 3.94. The second-order valence-electron chi connectivity index (χ2n) is 5.85. The molecule has 4 nitrogen and oxygen atoms in total. The molecule has 0 fully saturated rings. The van der Waals surface area contributed by atoms with Crippen LogP contribution in [0, 0.1) is 0 Å². The van der Waals surface area contributed by atoms with Gasteiger partial charge >= 0.3 is 18.5 Å². The topological polar surface area (TPSA) is 62.3 Å². The van der Waals surface area contributed by atoms with Crippen LogP contribution in [0.25, 0.3) is 22.2 Å². The van der Waals surface area contributed by atoms with Crippen LogP contribution in [0.3, 0.4) is 0 Å². The SMILES string of the molecule is O=C(O)Cc1c(-c2ccccc2C(F)(F)F)[nH]c2ccc(OC(F)(F)F)cc12. The van der Waals surface area contributed by atoms with Crippen molar-refractivity contribution >= 4 is 16.9 Å². The van der Waals surface area contributed by atoms with Gasteiger partial charge in [-0.15, -0.1) is 13.2 Å². The van der Waals surface area contributed by atoms with Crippen molar-refractivity contribution in [3.8, 4) is 17.0 Å². The third kappa shape index (κ3) is 4.05. The summed E-state index contributed by atoms with van der Waals surface area (Å²) >= 11 is 0. The van der Waals surface area contributed by atoms with Gasteiger partial charge in [0, 0.05) is 16.5 Å². The Balaban J connectivity index is 2.25. The van der Waals surface area contributed by atoms with Crippen LogP contribution in [0.4, 0.5) is 26.3 Å². The lowest BCUT2D eigenvalue weighted by Crippen LogP contribution is -2.17. The highest BCUT2D eigenvalue weighted by molar-refractivity contribution is 5.95. The monoisotopic (exact) mass is 403 g/mol. The molecule has 1 aromatic heterocycles. The summed E-state index contributed by atoms with van der Waals surface area (Å²) in [4.78, 5) is 13.9. The number of carboxylic acids is 1. The van der Waals surface area contributed by atoms with Crippen LogP contribution >= 0.6 is 0 Å². The van der Waals surface area contributed by atoms with Gasteiger partial charge in [0.2, 0.25) is 0 Å². The zero-order valence-corrected chi connectivity index (χ0v) is 13.8. The molecule has 0 radical (unpaired) electrons. The smallest absolute Gasteiger partial charge is 0.481 e. The van der Waals surface area contributed by atoms with Crippen molar-refractivity contribution in [3.63, 3.8) is 0 Å². The summed E-state index contributed by atoms with van der Waals surface area (Å²) in [6, 6.07) is 7.63. The lowest BCUT2D eigenvalue weighted by Gasteiger charge is -2.13. The first-order valence-electron chi connectivity index (χ1n) is 7.74. The molecule has 148 valence electrons. The van der Waals surface area contributed by atoms with E-state index in [0.717, 1.165) is 24.3 Å². The summed E-state index contributed by atoms with van der Waals surface area (Å²) in [7, 11) is 0. The van der Waals surface area contributed by atoms with Gasteiger partial charge in [-0.2, -0.15) is 13.2 Å². The number of benzene rings is 2. The molecule has 0 aliphatic carbocycles. The first kappa shape index (κ1) is 19.6. The van der Waals surface area contributed by atoms with Crippen LogP contribution in [0.2, 0.25) is 0 Å². The summed E-state index contributed by atoms with van der Waals surface area (Å²) in [6.45, 7) is 0. The fraction of sp³-hybridized carbons (Fsp3) is 0.167. The third-order valence-corrected chi connectivity index (χ3v) is 3.94. The Morgan fingerprint density at radius 2 is 1.71 bits per heavy atom. The van der Waals surface area contributed by atoms with Crippen LogP contribution < -0.4 is 4.74 Å². The number of fused-ring (bicyclic) bond motifs is 1. The summed E-state index contributed by atoms with van der Waals surface area (Å²) in [5.41, 5.74) is -1.33. The molecular weight excluding hydrogens is 392 g/mol. The molecule has 0 atom stereocenters. The minimum absolute atomic E-state index is 0.0242. The number of carbonyl (C=O) groups is 1. The fourth-order valence-corrected chi connectivity index (χ4v) is 2.94. The highest BCUT2D eigenvalue weighted by Crippen LogP contribution is 2.40. The lowest BCUT2D eigenvalue weighted by atomic mass is 9.98. The van der Waals surface area contributed by atoms with E-state index in [9.17, 15) is 31.1 Å². The summed E-state index contributed by atoms with van der Waals surface area (Å²) in [6.07, 6.45) is -10.4. The maximum atomic E-state index is 13.4. The average Bonchev–Trinajstić information content (AvgIpc) is 2.90. The Morgan fingerprint density at radius 3 is 2.32 bits per heavy atom. The molecule has 0 bridgehead atoms. The lowest BCUT2D eigenvalue weighted by molar-refractivity contribution is -0.274. The maximum absolute atomic E-state index is 13.4. The van der Waals surface area contributed by atoms with E-state index in [1.807, 2.05) is 0 Å². The second-order valence-corrected chi connectivity index (χ2v) is 5.85. The van der Waals surface area contributed by atoms with Crippen LogP contribution in [-0.2, 0) is 17.4 Å². The molecule has 0 saturated carbocycles. The Kier molecular flexibility index (Phi) is 4.74. The normalized spacial score (nSPS) is 12.4. The number of H-pyrrole nitrogens is 1. The molecule has 2 N–H and O–H groups in total. The maximum Gasteiger partial charge on any atom is 0.573 e. The number of aromatic nitrogens is 1. The second kappa shape index (κ2) is 6.77. The fourth-order valence-electron chi connectivity index (χ4n) is 2.94. The number of aromatic amines is 1. The molecule has 0 amide bonds. The Labute approximate surface area is 153 Å². The van der Waals surface area contributed by atoms with Crippen molar-refractivity contribution in [2.45, 2.75) is 19.0 Å². The molecule has 3 rings (SSSR count). The molecule has 10 heteroatoms. The molecule has 0 saturated heterocycles. The Hall–Kier alpha value is -3.17. The summed E-state index contributed by atoms with van der Waals surface area (Å²) in [5.74, 6) is -1.96. The number of alkyl halides is 6. The Bertz CT molecular complexity index is 1040. The van der Waals surface area contributed by atoms with Crippen LogP contribution in [0.15, 0.2) is 42.5 Å². The number of rotatable bonds is 4. The molecule has 2 aromatic carbocycles. The molecule has 0 unspecified atom stereocenters. The predicted octanol–water partition coefficient (Wildman–Crippen LogP) is 5.38. The quantitative estimate of drug-likeness (QED) is 0.575. The van der Waals surface area contributed by atoms with Gasteiger partial charge in [-0.3, -0.25) is 4.79 Å². The highest BCUT2D eigenvalue weighted by Gasteiger charge is 2.35. The van der Waals surface area contributed by atoms with Crippen LogP contribution in [0.5, 0.6) is 5.75 Å². The van der Waals surface area contributed by atoms with Gasteiger partial charge in [0.15, 0.2) is 0 Å². The van der Waals surface area contributed by atoms with Gasteiger partial charge in [-0.1, -0.05) is 18.2 Å². The number of hydrogen-bond acceptors (Lipinski definition) is 2. The molecule has 28 heavy (non-hydrogen) atoms. The minimum Gasteiger partial charge on any atom is -0.481 e. The summed E-state index contributed by atoms with van der Waals surface area (Å²) < 4.78 is 81.3. The molecule has 1 heterocycles. The zero-order valence-electron chi connectivity index (χ0n) is 13.8. The van der Waals surface area contributed by atoms with Crippen molar-refractivity contribution in [1.29, 1.82) is 0 Å². The first-order valence-corrected chi connectivity index (χ1v) is 7.74. The van der Waals surface area contributed by atoms with Gasteiger partial charge in [0.1, 0.15) is 5.75 Å². The van der Waals surface area contributed by atoms with E-state index in [1.54, 1.807) is 0 Å². The van der Waals surface area contributed by atoms with E-state index in [0.29, 0.717) is 0 Å². The average molecular weight is 403 g/mol. The highest BCUT2D eigenvalue weighted by atomic mass is 19.4. The zero-order chi connectivity index (χ0) is 20.7. The van der Waals surface area contributed by atoms with E-state index in [-0.39, 0.29) is 27.7 Å². The first-order chi connectivity index (χ1) is 13.0. The van der Waals surface area contributed by atoms with Gasteiger partial charge in [0.05, 0.1) is 17.7 Å². The van der Waals surface area contributed by atoms with Crippen molar-refractivity contribution in [2.24, 2.45) is 0 Å².